The average molecular weight is 395 g/mol. The van der Waals surface area contributed by atoms with Crippen molar-refractivity contribution in [2.24, 2.45) is 5.41 Å². The standard InChI is InChI=1S/C20H20F3NO4/c21-20(22,23)19(9-11-27-12-10-19)18(26)24-15-3-7-17(8-4-15)28-16-5-1-14(13-25)2-6-16/h1-8,25H,9-13H2,(H,24,26). The van der Waals surface area contributed by atoms with E-state index in [9.17, 15) is 18.0 Å². The molecular weight excluding hydrogens is 375 g/mol. The third-order valence-corrected chi connectivity index (χ3v) is 4.78. The molecule has 1 fully saturated rings. The first-order chi connectivity index (χ1) is 13.3. The average Bonchev–Trinajstić information content (AvgIpc) is 2.69. The highest BCUT2D eigenvalue weighted by Gasteiger charge is 2.60. The molecule has 0 atom stereocenters. The normalized spacial score (nSPS) is 16.4. The van der Waals surface area contributed by atoms with Crippen LogP contribution in [0.15, 0.2) is 48.5 Å². The molecule has 0 radical (unpaired) electrons. The number of anilines is 1. The summed E-state index contributed by atoms with van der Waals surface area (Å²) in [7, 11) is 0. The lowest BCUT2D eigenvalue weighted by molar-refractivity contribution is -0.237. The van der Waals surface area contributed by atoms with Crippen LogP contribution in [-0.2, 0) is 16.1 Å². The van der Waals surface area contributed by atoms with Crippen LogP contribution < -0.4 is 10.1 Å². The Hall–Kier alpha value is -2.58. The Morgan fingerprint density at radius 3 is 2.07 bits per heavy atom. The van der Waals surface area contributed by atoms with E-state index in [4.69, 9.17) is 14.6 Å². The van der Waals surface area contributed by atoms with Gasteiger partial charge in [-0.25, -0.2) is 0 Å². The minimum Gasteiger partial charge on any atom is -0.457 e. The number of benzene rings is 2. The molecule has 3 rings (SSSR count). The lowest BCUT2D eigenvalue weighted by atomic mass is 9.78. The third-order valence-electron chi connectivity index (χ3n) is 4.78. The highest BCUT2D eigenvalue weighted by atomic mass is 19.4. The molecule has 5 nitrogen and oxygen atoms in total. The summed E-state index contributed by atoms with van der Waals surface area (Å²) in [5.74, 6) is -0.0601. The van der Waals surface area contributed by atoms with E-state index in [-0.39, 0.29) is 25.5 Å². The topological polar surface area (TPSA) is 67.8 Å². The van der Waals surface area contributed by atoms with Crippen molar-refractivity contribution in [2.75, 3.05) is 18.5 Å². The number of aliphatic hydroxyl groups excluding tert-OH is 1. The van der Waals surface area contributed by atoms with Gasteiger partial charge in [0.2, 0.25) is 5.91 Å². The van der Waals surface area contributed by atoms with Gasteiger partial charge < -0.3 is 19.9 Å². The second-order valence-corrected chi connectivity index (χ2v) is 6.57. The van der Waals surface area contributed by atoms with Crippen LogP contribution in [0.4, 0.5) is 18.9 Å². The van der Waals surface area contributed by atoms with Crippen LogP contribution in [0.5, 0.6) is 11.5 Å². The number of carbonyl (C=O) groups excluding carboxylic acids is 1. The summed E-state index contributed by atoms with van der Waals surface area (Å²) < 4.78 is 51.3. The van der Waals surface area contributed by atoms with E-state index < -0.39 is 30.3 Å². The fraction of sp³-hybridized carbons (Fsp3) is 0.350. The minimum absolute atomic E-state index is 0.0692. The number of hydrogen-bond donors (Lipinski definition) is 2. The Morgan fingerprint density at radius 1 is 1.04 bits per heavy atom. The predicted molar refractivity (Wildman–Crippen MR) is 96.1 cm³/mol. The number of rotatable bonds is 5. The van der Waals surface area contributed by atoms with E-state index in [0.717, 1.165) is 5.56 Å². The van der Waals surface area contributed by atoms with Crippen molar-refractivity contribution in [3.05, 3.63) is 54.1 Å². The summed E-state index contributed by atoms with van der Waals surface area (Å²) in [6, 6.07) is 12.9. The number of amides is 1. The van der Waals surface area contributed by atoms with Crippen LogP contribution in [0, 0.1) is 5.41 Å². The molecule has 28 heavy (non-hydrogen) atoms. The van der Waals surface area contributed by atoms with Gasteiger partial charge in [-0.3, -0.25) is 4.79 Å². The molecule has 1 aliphatic heterocycles. The molecule has 150 valence electrons. The first-order valence-electron chi connectivity index (χ1n) is 8.78. The quantitative estimate of drug-likeness (QED) is 0.794. The van der Waals surface area contributed by atoms with Crippen LogP contribution >= 0.6 is 0 Å². The summed E-state index contributed by atoms with van der Waals surface area (Å²) >= 11 is 0. The van der Waals surface area contributed by atoms with Crippen molar-refractivity contribution < 1.29 is 32.5 Å². The number of carbonyl (C=O) groups is 1. The summed E-state index contributed by atoms with van der Waals surface area (Å²) in [5, 5.41) is 11.4. The van der Waals surface area contributed by atoms with Gasteiger partial charge >= 0.3 is 6.18 Å². The first-order valence-corrected chi connectivity index (χ1v) is 8.78. The molecule has 1 saturated heterocycles. The molecule has 8 heteroatoms. The summed E-state index contributed by atoms with van der Waals surface area (Å²) in [4.78, 5) is 12.4. The maximum absolute atomic E-state index is 13.6. The van der Waals surface area contributed by atoms with Crippen molar-refractivity contribution in [1.29, 1.82) is 0 Å². The van der Waals surface area contributed by atoms with E-state index >= 15 is 0 Å². The molecular formula is C20H20F3NO4. The van der Waals surface area contributed by atoms with Gasteiger partial charge in [0, 0.05) is 18.9 Å². The largest absolute Gasteiger partial charge is 0.457 e. The molecule has 0 spiro atoms. The van der Waals surface area contributed by atoms with E-state index in [0.29, 0.717) is 11.5 Å². The highest BCUT2D eigenvalue weighted by Crippen LogP contribution is 2.46. The molecule has 2 aromatic rings. The van der Waals surface area contributed by atoms with Crippen molar-refractivity contribution in [3.63, 3.8) is 0 Å². The Morgan fingerprint density at radius 2 is 1.57 bits per heavy atom. The molecule has 0 aliphatic carbocycles. The van der Waals surface area contributed by atoms with Crippen molar-refractivity contribution in [1.82, 2.24) is 0 Å². The molecule has 1 amide bonds. The van der Waals surface area contributed by atoms with E-state index in [1.165, 1.54) is 12.1 Å². The molecule has 0 bridgehead atoms. The number of hydrogen-bond acceptors (Lipinski definition) is 4. The van der Waals surface area contributed by atoms with Gasteiger partial charge in [-0.05, 0) is 54.8 Å². The zero-order valence-electron chi connectivity index (χ0n) is 15.0. The number of nitrogens with one attached hydrogen (secondary N) is 1. The molecule has 1 heterocycles. The molecule has 2 N–H and O–H groups in total. The molecule has 0 saturated carbocycles. The molecule has 0 unspecified atom stereocenters. The summed E-state index contributed by atoms with van der Waals surface area (Å²) in [6.45, 7) is -0.274. The maximum atomic E-state index is 13.6. The summed E-state index contributed by atoms with van der Waals surface area (Å²) in [6.07, 6.45) is -5.44. The Labute approximate surface area is 160 Å². The molecule has 0 aromatic heterocycles. The maximum Gasteiger partial charge on any atom is 0.403 e. The fourth-order valence-electron chi connectivity index (χ4n) is 3.02. The smallest absolute Gasteiger partial charge is 0.403 e. The monoisotopic (exact) mass is 395 g/mol. The second-order valence-electron chi connectivity index (χ2n) is 6.57. The minimum atomic E-state index is -4.65. The fourth-order valence-corrected chi connectivity index (χ4v) is 3.02. The van der Waals surface area contributed by atoms with Crippen molar-refractivity contribution >= 4 is 11.6 Å². The zero-order valence-corrected chi connectivity index (χ0v) is 15.0. The predicted octanol–water partition coefficient (Wildman–Crippen LogP) is 4.27. The number of alkyl halides is 3. The third kappa shape index (κ3) is 4.28. The lowest BCUT2D eigenvalue weighted by Crippen LogP contribution is -2.51. The van der Waals surface area contributed by atoms with Crippen LogP contribution in [0.3, 0.4) is 0 Å². The van der Waals surface area contributed by atoms with Crippen LogP contribution in [0.25, 0.3) is 0 Å². The zero-order chi connectivity index (χ0) is 20.2. The van der Waals surface area contributed by atoms with Crippen molar-refractivity contribution in [3.8, 4) is 11.5 Å². The first kappa shape index (κ1) is 20.2. The van der Waals surface area contributed by atoms with E-state index in [2.05, 4.69) is 5.32 Å². The molecule has 1 aliphatic rings. The van der Waals surface area contributed by atoms with Crippen molar-refractivity contribution in [2.45, 2.75) is 25.6 Å². The van der Waals surface area contributed by atoms with Crippen LogP contribution in [0.1, 0.15) is 18.4 Å². The number of ether oxygens (including phenoxy) is 2. The van der Waals surface area contributed by atoms with E-state index in [1.807, 2.05) is 0 Å². The van der Waals surface area contributed by atoms with Gasteiger partial charge in [0.1, 0.15) is 16.9 Å². The summed E-state index contributed by atoms with van der Waals surface area (Å²) in [5.41, 5.74) is -1.44. The Balaban J connectivity index is 1.68. The Bertz CT molecular complexity index is 798. The highest BCUT2D eigenvalue weighted by molar-refractivity contribution is 5.96. The lowest BCUT2D eigenvalue weighted by Gasteiger charge is -2.37. The number of aliphatic hydroxyl groups is 1. The SMILES string of the molecule is O=C(Nc1ccc(Oc2ccc(CO)cc2)cc1)C1(C(F)(F)F)CCOCC1. The second kappa shape index (κ2) is 8.20. The molecule has 2 aromatic carbocycles. The van der Waals surface area contributed by atoms with Gasteiger partial charge in [-0.2, -0.15) is 13.2 Å². The van der Waals surface area contributed by atoms with Crippen LogP contribution in [-0.4, -0.2) is 30.4 Å². The Kier molecular flexibility index (Phi) is 5.90. The van der Waals surface area contributed by atoms with Gasteiger partial charge in [0.05, 0.1) is 6.61 Å². The van der Waals surface area contributed by atoms with Crippen LogP contribution in [0.2, 0.25) is 0 Å². The van der Waals surface area contributed by atoms with Gasteiger partial charge in [-0.1, -0.05) is 12.1 Å². The van der Waals surface area contributed by atoms with E-state index in [1.54, 1.807) is 36.4 Å². The number of halogens is 3. The van der Waals surface area contributed by atoms with Gasteiger partial charge in [0.25, 0.3) is 0 Å². The van der Waals surface area contributed by atoms with Gasteiger partial charge in [0.15, 0.2) is 0 Å². The van der Waals surface area contributed by atoms with Gasteiger partial charge in [-0.15, -0.1) is 0 Å².